The molecule has 0 radical (unpaired) electrons. The van der Waals surface area contributed by atoms with Gasteiger partial charge in [0, 0.05) is 49.1 Å². The van der Waals surface area contributed by atoms with E-state index in [2.05, 4.69) is 15.0 Å². The fraction of sp³-hybridized carbons (Fsp3) is 0.579. The van der Waals surface area contributed by atoms with Crippen molar-refractivity contribution in [3.05, 3.63) is 17.1 Å². The van der Waals surface area contributed by atoms with E-state index in [9.17, 15) is 18.7 Å². The number of morpholine rings is 1. The summed E-state index contributed by atoms with van der Waals surface area (Å²) in [5.74, 6) is -1.63. The molecular formula is C19H23F2N5O3S. The Morgan fingerprint density at radius 1 is 1.27 bits per heavy atom. The van der Waals surface area contributed by atoms with Gasteiger partial charge in [0.15, 0.2) is 10.8 Å². The number of nitrogens with zero attached hydrogens (tertiary/aromatic N) is 5. The van der Waals surface area contributed by atoms with Crippen LogP contribution in [0, 0.1) is 6.92 Å². The van der Waals surface area contributed by atoms with Crippen LogP contribution in [0.2, 0.25) is 0 Å². The van der Waals surface area contributed by atoms with Crippen molar-refractivity contribution < 1.29 is 23.4 Å². The van der Waals surface area contributed by atoms with E-state index in [4.69, 9.17) is 4.74 Å². The number of amides is 1. The molecule has 2 aliphatic rings. The number of ether oxygens (including phenoxy) is 1. The van der Waals surface area contributed by atoms with Crippen molar-refractivity contribution in [2.45, 2.75) is 44.6 Å². The molecule has 162 valence electrons. The Labute approximate surface area is 176 Å². The molecule has 1 saturated heterocycles. The third-order valence-corrected chi connectivity index (χ3v) is 6.31. The van der Waals surface area contributed by atoms with Gasteiger partial charge in [-0.15, -0.1) is 11.3 Å². The average Bonchev–Trinajstić information content (AvgIpc) is 3.16. The Hall–Kier alpha value is -2.40. The quantitative estimate of drug-likeness (QED) is 0.775. The van der Waals surface area contributed by atoms with Crippen molar-refractivity contribution in [3.8, 4) is 10.8 Å². The highest BCUT2D eigenvalue weighted by molar-refractivity contribution is 7.13. The van der Waals surface area contributed by atoms with Crippen LogP contribution in [0.5, 0.6) is 0 Å². The van der Waals surface area contributed by atoms with E-state index in [0.29, 0.717) is 43.0 Å². The summed E-state index contributed by atoms with van der Waals surface area (Å²) in [6, 6.07) is 1.07. The van der Waals surface area contributed by atoms with Gasteiger partial charge in [0.05, 0.1) is 13.2 Å². The lowest BCUT2D eigenvalue weighted by Crippen LogP contribution is -2.44. The van der Waals surface area contributed by atoms with Crippen LogP contribution in [-0.2, 0) is 4.74 Å². The Morgan fingerprint density at radius 3 is 2.57 bits per heavy atom. The first kappa shape index (κ1) is 20.9. The van der Waals surface area contributed by atoms with Gasteiger partial charge in [-0.05, 0) is 19.8 Å². The van der Waals surface area contributed by atoms with Gasteiger partial charge in [0.1, 0.15) is 11.6 Å². The molecule has 1 aliphatic heterocycles. The van der Waals surface area contributed by atoms with E-state index in [1.54, 1.807) is 6.07 Å². The maximum Gasteiger partial charge on any atom is 0.413 e. The molecule has 30 heavy (non-hydrogen) atoms. The van der Waals surface area contributed by atoms with Crippen molar-refractivity contribution in [1.82, 2.24) is 15.0 Å². The summed E-state index contributed by atoms with van der Waals surface area (Å²) in [7, 11) is 0. The lowest BCUT2D eigenvalue weighted by Gasteiger charge is -2.35. The van der Waals surface area contributed by atoms with Gasteiger partial charge in [-0.3, -0.25) is 4.90 Å². The van der Waals surface area contributed by atoms with Gasteiger partial charge in [0.25, 0.3) is 0 Å². The summed E-state index contributed by atoms with van der Waals surface area (Å²) < 4.78 is 32.6. The highest BCUT2D eigenvalue weighted by Crippen LogP contribution is 2.37. The molecule has 1 aliphatic carbocycles. The minimum absolute atomic E-state index is 0.0852. The first-order chi connectivity index (χ1) is 14.3. The smallest absolute Gasteiger partial charge is 0.413 e. The molecule has 0 unspecified atom stereocenters. The molecule has 1 amide bonds. The lowest BCUT2D eigenvalue weighted by molar-refractivity contribution is -0.0379. The largest absolute Gasteiger partial charge is 0.465 e. The van der Waals surface area contributed by atoms with Crippen molar-refractivity contribution in [2.24, 2.45) is 0 Å². The van der Waals surface area contributed by atoms with E-state index < -0.39 is 18.1 Å². The number of alkyl halides is 2. The zero-order valence-electron chi connectivity index (χ0n) is 16.6. The monoisotopic (exact) mass is 439 g/mol. The first-order valence-electron chi connectivity index (χ1n) is 9.87. The molecule has 8 nitrogen and oxygen atoms in total. The van der Waals surface area contributed by atoms with Crippen molar-refractivity contribution >= 4 is 29.1 Å². The van der Waals surface area contributed by atoms with Crippen LogP contribution in [0.25, 0.3) is 10.8 Å². The molecule has 1 saturated carbocycles. The fourth-order valence-corrected chi connectivity index (χ4v) is 4.50. The Bertz CT molecular complexity index is 909. The fourth-order valence-electron chi connectivity index (χ4n) is 3.78. The van der Waals surface area contributed by atoms with Crippen LogP contribution < -0.4 is 9.80 Å². The van der Waals surface area contributed by atoms with E-state index in [1.165, 1.54) is 11.3 Å². The maximum atomic E-state index is 13.6. The second kappa shape index (κ2) is 8.38. The summed E-state index contributed by atoms with van der Waals surface area (Å²) in [6.07, 6.45) is -1.70. The predicted molar refractivity (Wildman–Crippen MR) is 109 cm³/mol. The van der Waals surface area contributed by atoms with Crippen LogP contribution in [0.4, 0.5) is 25.2 Å². The van der Waals surface area contributed by atoms with Gasteiger partial charge < -0.3 is 14.7 Å². The van der Waals surface area contributed by atoms with E-state index >= 15 is 0 Å². The third-order valence-electron chi connectivity index (χ3n) is 5.35. The van der Waals surface area contributed by atoms with Crippen molar-refractivity contribution in [3.63, 3.8) is 0 Å². The Morgan fingerprint density at radius 2 is 1.97 bits per heavy atom. The van der Waals surface area contributed by atoms with Crippen LogP contribution >= 0.6 is 11.3 Å². The number of aromatic nitrogens is 3. The molecule has 3 heterocycles. The number of carbonyl (C=O) groups is 1. The maximum absolute atomic E-state index is 13.6. The van der Waals surface area contributed by atoms with Gasteiger partial charge in [-0.2, -0.15) is 0 Å². The number of aryl methyl sites for hydroxylation is 1. The zero-order valence-corrected chi connectivity index (χ0v) is 17.4. The van der Waals surface area contributed by atoms with Crippen LogP contribution in [0.15, 0.2) is 11.4 Å². The molecule has 2 fully saturated rings. The van der Waals surface area contributed by atoms with E-state index in [-0.39, 0.29) is 31.5 Å². The average molecular weight is 439 g/mol. The molecule has 0 aromatic carbocycles. The molecule has 1 N–H and O–H groups in total. The number of carboxylic acid groups (broad SMARTS) is 1. The highest BCUT2D eigenvalue weighted by Gasteiger charge is 2.39. The van der Waals surface area contributed by atoms with Crippen LogP contribution in [-0.4, -0.2) is 64.4 Å². The van der Waals surface area contributed by atoms with Crippen LogP contribution in [0.3, 0.4) is 0 Å². The minimum Gasteiger partial charge on any atom is -0.465 e. The Balaban J connectivity index is 1.73. The molecule has 0 bridgehead atoms. The molecule has 0 atom stereocenters. The lowest BCUT2D eigenvalue weighted by atomic mass is 9.91. The number of hydrogen-bond donors (Lipinski definition) is 1. The standard InChI is InChI=1S/C19H23F2N5O3S/c1-12-11-30-17(22-12)16-23-14(25-6-8-29-9-7-25)10-15(24-16)26(18(27)28)13-2-4-19(20,21)5-3-13/h10-11,13H,2-9H2,1H3,(H,27,28). The second-order valence-electron chi connectivity index (χ2n) is 7.54. The van der Waals surface area contributed by atoms with Gasteiger partial charge in [0.2, 0.25) is 5.92 Å². The number of rotatable bonds is 4. The SMILES string of the molecule is Cc1csc(-c2nc(N3CCOCC3)cc(N(C(=O)O)C3CCC(F)(F)CC3)n2)n1. The predicted octanol–water partition coefficient (Wildman–Crippen LogP) is 3.81. The Kier molecular flexibility index (Phi) is 5.83. The van der Waals surface area contributed by atoms with Gasteiger partial charge in [-0.1, -0.05) is 0 Å². The molecule has 2 aromatic heterocycles. The summed E-state index contributed by atoms with van der Waals surface area (Å²) in [5.41, 5.74) is 0.821. The summed E-state index contributed by atoms with van der Waals surface area (Å²) in [6.45, 7) is 4.19. The summed E-state index contributed by atoms with van der Waals surface area (Å²) >= 11 is 1.38. The third kappa shape index (κ3) is 4.51. The number of hydrogen-bond acceptors (Lipinski definition) is 7. The second-order valence-corrected chi connectivity index (χ2v) is 8.40. The molecule has 0 spiro atoms. The topological polar surface area (TPSA) is 91.7 Å². The van der Waals surface area contributed by atoms with Gasteiger partial charge in [-0.25, -0.2) is 28.5 Å². The molecule has 2 aromatic rings. The highest BCUT2D eigenvalue weighted by atomic mass is 32.1. The minimum atomic E-state index is -2.74. The first-order valence-corrected chi connectivity index (χ1v) is 10.7. The zero-order chi connectivity index (χ0) is 21.3. The van der Waals surface area contributed by atoms with Crippen molar-refractivity contribution in [2.75, 3.05) is 36.1 Å². The normalized spacial score (nSPS) is 19.6. The van der Waals surface area contributed by atoms with Crippen molar-refractivity contribution in [1.29, 1.82) is 0 Å². The number of halogens is 2. The summed E-state index contributed by atoms with van der Waals surface area (Å²) in [4.78, 5) is 28.8. The van der Waals surface area contributed by atoms with Crippen LogP contribution in [0.1, 0.15) is 31.4 Å². The van der Waals surface area contributed by atoms with E-state index in [0.717, 1.165) is 10.6 Å². The van der Waals surface area contributed by atoms with Gasteiger partial charge >= 0.3 is 6.09 Å². The number of anilines is 2. The van der Waals surface area contributed by atoms with E-state index in [1.807, 2.05) is 17.2 Å². The molecule has 4 rings (SSSR count). The molecular weight excluding hydrogens is 416 g/mol. The molecule has 11 heteroatoms. The summed E-state index contributed by atoms with van der Waals surface area (Å²) in [5, 5.41) is 12.4. The number of thiazole rings is 1.